The van der Waals surface area contributed by atoms with Crippen molar-refractivity contribution in [2.45, 2.75) is 39.0 Å². The Bertz CT molecular complexity index is 568. The van der Waals surface area contributed by atoms with E-state index in [4.69, 9.17) is 10.5 Å². The van der Waals surface area contributed by atoms with Gasteiger partial charge in [-0.3, -0.25) is 9.69 Å². The molecule has 108 valence electrons. The van der Waals surface area contributed by atoms with Crippen molar-refractivity contribution >= 4 is 17.6 Å². The fraction of sp³-hybridized carbons (Fsp3) is 0.429. The summed E-state index contributed by atoms with van der Waals surface area (Å²) in [7, 11) is 0. The number of hydrogen-bond donors (Lipinski definition) is 2. The molecule has 0 aliphatic carbocycles. The average molecular weight is 278 g/mol. The van der Waals surface area contributed by atoms with Gasteiger partial charge in [-0.05, 0) is 38.5 Å². The van der Waals surface area contributed by atoms with Gasteiger partial charge in [0, 0.05) is 6.54 Å². The van der Waals surface area contributed by atoms with Crippen LogP contribution in [0.2, 0.25) is 0 Å². The predicted octanol–water partition coefficient (Wildman–Crippen LogP) is 1.12. The van der Waals surface area contributed by atoms with Crippen molar-refractivity contribution in [2.75, 3.05) is 4.90 Å². The summed E-state index contributed by atoms with van der Waals surface area (Å²) in [4.78, 5) is 25.0. The first-order valence-electron chi connectivity index (χ1n) is 6.36. The molecule has 0 saturated carbocycles. The van der Waals surface area contributed by atoms with E-state index in [1.807, 2.05) is 0 Å². The number of carbonyl (C=O) groups excluding carboxylic acids is 1. The number of aliphatic carboxylic acids is 1. The number of amides is 1. The molecule has 0 spiro atoms. The van der Waals surface area contributed by atoms with Gasteiger partial charge >= 0.3 is 5.97 Å². The lowest BCUT2D eigenvalue weighted by Crippen LogP contribution is -2.57. The molecule has 2 rings (SSSR count). The number of ether oxygens (including phenoxy) is 1. The van der Waals surface area contributed by atoms with Gasteiger partial charge in [-0.25, -0.2) is 4.79 Å². The molecule has 1 aliphatic rings. The first kappa shape index (κ1) is 14.3. The molecule has 6 heteroatoms. The molecule has 0 aromatic heterocycles. The van der Waals surface area contributed by atoms with Gasteiger partial charge in [0.1, 0.15) is 11.8 Å². The lowest BCUT2D eigenvalue weighted by molar-refractivity contribution is -0.142. The number of rotatable bonds is 3. The van der Waals surface area contributed by atoms with E-state index in [1.165, 1.54) is 11.8 Å². The molecule has 6 nitrogen and oxygen atoms in total. The Morgan fingerprint density at radius 3 is 2.70 bits per heavy atom. The minimum atomic E-state index is -1.10. The van der Waals surface area contributed by atoms with E-state index in [2.05, 4.69) is 0 Å². The fourth-order valence-corrected chi connectivity index (χ4v) is 2.18. The number of carbonyl (C=O) groups is 2. The number of carboxylic acid groups (broad SMARTS) is 1. The molecule has 0 bridgehead atoms. The van der Waals surface area contributed by atoms with E-state index in [1.54, 1.807) is 32.0 Å². The standard InChI is InChI=1S/C14H18N2O4/c1-8(12(17)18)16-10-6-9(7-15)4-5-11(10)20-14(2,3)13(16)19/h4-6,8H,7,15H2,1-3H3,(H,17,18). The van der Waals surface area contributed by atoms with E-state index < -0.39 is 17.6 Å². The summed E-state index contributed by atoms with van der Waals surface area (Å²) in [6, 6.07) is 4.24. The number of benzene rings is 1. The number of nitrogens with two attached hydrogens (primary N) is 1. The maximum atomic E-state index is 12.5. The Labute approximate surface area is 117 Å². The average Bonchev–Trinajstić information content (AvgIpc) is 2.38. The fourth-order valence-electron chi connectivity index (χ4n) is 2.18. The highest BCUT2D eigenvalue weighted by atomic mass is 16.5. The van der Waals surface area contributed by atoms with Gasteiger partial charge < -0.3 is 15.6 Å². The van der Waals surface area contributed by atoms with Crippen LogP contribution in [0, 0.1) is 0 Å². The zero-order valence-corrected chi connectivity index (χ0v) is 11.7. The predicted molar refractivity (Wildman–Crippen MR) is 73.6 cm³/mol. The van der Waals surface area contributed by atoms with Crippen molar-refractivity contribution in [1.82, 2.24) is 0 Å². The maximum absolute atomic E-state index is 12.5. The van der Waals surface area contributed by atoms with E-state index in [9.17, 15) is 14.7 Å². The van der Waals surface area contributed by atoms with Crippen molar-refractivity contribution in [3.8, 4) is 5.75 Å². The monoisotopic (exact) mass is 278 g/mol. The van der Waals surface area contributed by atoms with E-state index in [0.29, 0.717) is 18.0 Å². The molecule has 1 aliphatic heterocycles. The highest BCUT2D eigenvalue weighted by molar-refractivity contribution is 6.06. The number of hydrogen-bond acceptors (Lipinski definition) is 4. The van der Waals surface area contributed by atoms with Gasteiger partial charge in [-0.15, -0.1) is 0 Å². The Morgan fingerprint density at radius 2 is 2.15 bits per heavy atom. The van der Waals surface area contributed by atoms with Crippen LogP contribution in [0.4, 0.5) is 5.69 Å². The number of anilines is 1. The number of carboxylic acids is 1. The number of fused-ring (bicyclic) bond motifs is 1. The minimum absolute atomic E-state index is 0.306. The summed E-state index contributed by atoms with van der Waals surface area (Å²) in [6.07, 6.45) is 0. The zero-order chi connectivity index (χ0) is 15.1. The zero-order valence-electron chi connectivity index (χ0n) is 11.7. The van der Waals surface area contributed by atoms with Crippen LogP contribution < -0.4 is 15.4 Å². The molecule has 1 aromatic carbocycles. The van der Waals surface area contributed by atoms with Crippen molar-refractivity contribution in [3.63, 3.8) is 0 Å². The second kappa shape index (κ2) is 4.79. The molecule has 3 N–H and O–H groups in total. The third kappa shape index (κ3) is 2.22. The van der Waals surface area contributed by atoms with Gasteiger partial charge in [0.25, 0.3) is 5.91 Å². The lowest BCUT2D eigenvalue weighted by Gasteiger charge is -2.40. The Kier molecular flexibility index (Phi) is 3.43. The third-order valence-corrected chi connectivity index (χ3v) is 3.36. The topological polar surface area (TPSA) is 92.9 Å². The van der Waals surface area contributed by atoms with Gasteiger partial charge in [0.05, 0.1) is 5.69 Å². The molecule has 20 heavy (non-hydrogen) atoms. The summed E-state index contributed by atoms with van der Waals surface area (Å²) in [5, 5.41) is 9.21. The second-order valence-corrected chi connectivity index (χ2v) is 5.31. The molecule has 0 radical (unpaired) electrons. The van der Waals surface area contributed by atoms with E-state index >= 15 is 0 Å². The minimum Gasteiger partial charge on any atom is -0.480 e. The molecular weight excluding hydrogens is 260 g/mol. The molecule has 1 aromatic rings. The van der Waals surface area contributed by atoms with Crippen LogP contribution >= 0.6 is 0 Å². The summed E-state index contributed by atoms with van der Waals surface area (Å²) in [6.45, 7) is 5.02. The first-order chi connectivity index (χ1) is 9.27. The highest BCUT2D eigenvalue weighted by Gasteiger charge is 2.44. The van der Waals surface area contributed by atoms with Crippen molar-refractivity contribution in [2.24, 2.45) is 5.73 Å². The quantitative estimate of drug-likeness (QED) is 0.864. The molecule has 0 saturated heterocycles. The SMILES string of the molecule is CC(C(=O)O)N1C(=O)C(C)(C)Oc2ccc(CN)cc21. The summed E-state index contributed by atoms with van der Waals surface area (Å²) < 4.78 is 5.67. The van der Waals surface area contributed by atoms with Crippen LogP contribution in [-0.4, -0.2) is 28.6 Å². The van der Waals surface area contributed by atoms with Gasteiger partial charge in [-0.2, -0.15) is 0 Å². The Morgan fingerprint density at radius 1 is 1.50 bits per heavy atom. The largest absolute Gasteiger partial charge is 0.480 e. The normalized spacial score (nSPS) is 18.2. The first-order valence-corrected chi connectivity index (χ1v) is 6.36. The maximum Gasteiger partial charge on any atom is 0.326 e. The summed E-state index contributed by atoms with van der Waals surface area (Å²) in [5.41, 5.74) is 5.75. The van der Waals surface area contributed by atoms with Crippen molar-refractivity contribution < 1.29 is 19.4 Å². The van der Waals surface area contributed by atoms with Crippen molar-refractivity contribution in [3.05, 3.63) is 23.8 Å². The summed E-state index contributed by atoms with van der Waals surface area (Å²) >= 11 is 0. The second-order valence-electron chi connectivity index (χ2n) is 5.31. The van der Waals surface area contributed by atoms with Gasteiger partial charge in [0.15, 0.2) is 5.60 Å². The van der Waals surface area contributed by atoms with Crippen LogP contribution in [0.3, 0.4) is 0 Å². The van der Waals surface area contributed by atoms with Gasteiger partial charge in [-0.1, -0.05) is 6.07 Å². The molecule has 1 atom stereocenters. The van der Waals surface area contributed by atoms with Crippen LogP contribution in [0.1, 0.15) is 26.3 Å². The molecular formula is C14H18N2O4. The number of nitrogens with zero attached hydrogens (tertiary/aromatic N) is 1. The smallest absolute Gasteiger partial charge is 0.326 e. The Balaban J connectivity index is 2.59. The van der Waals surface area contributed by atoms with Crippen LogP contribution in [0.15, 0.2) is 18.2 Å². The van der Waals surface area contributed by atoms with Gasteiger partial charge in [0.2, 0.25) is 0 Å². The third-order valence-electron chi connectivity index (χ3n) is 3.36. The molecule has 1 heterocycles. The molecule has 1 unspecified atom stereocenters. The van der Waals surface area contributed by atoms with E-state index in [0.717, 1.165) is 5.56 Å². The van der Waals surface area contributed by atoms with Crippen LogP contribution in [0.25, 0.3) is 0 Å². The van der Waals surface area contributed by atoms with Crippen molar-refractivity contribution in [1.29, 1.82) is 0 Å². The van der Waals surface area contributed by atoms with Crippen LogP contribution in [0.5, 0.6) is 5.75 Å². The molecule has 0 fully saturated rings. The van der Waals surface area contributed by atoms with Crippen LogP contribution in [-0.2, 0) is 16.1 Å². The lowest BCUT2D eigenvalue weighted by atomic mass is 10.0. The Hall–Kier alpha value is -2.08. The highest BCUT2D eigenvalue weighted by Crippen LogP contribution is 2.39. The summed E-state index contributed by atoms with van der Waals surface area (Å²) in [5.74, 6) is -0.964. The van der Waals surface area contributed by atoms with E-state index in [-0.39, 0.29) is 5.91 Å². The molecule has 1 amide bonds.